The van der Waals surface area contributed by atoms with Crippen LogP contribution in [0.15, 0.2) is 0 Å². The molecule has 4 nitrogen and oxygen atoms in total. The van der Waals surface area contributed by atoms with Gasteiger partial charge in [-0.05, 0) is 35.5 Å². The van der Waals surface area contributed by atoms with E-state index in [0.717, 1.165) is 38.5 Å². The third-order valence-electron chi connectivity index (χ3n) is 4.62. The van der Waals surface area contributed by atoms with E-state index in [2.05, 4.69) is 62.3 Å². The van der Waals surface area contributed by atoms with Crippen molar-refractivity contribution in [3.63, 3.8) is 0 Å². The number of phosphoric ester groups is 1. The summed E-state index contributed by atoms with van der Waals surface area (Å²) >= 11 is 0. The van der Waals surface area contributed by atoms with Crippen LogP contribution in [0.1, 0.15) is 101 Å². The van der Waals surface area contributed by atoms with Crippen LogP contribution in [0.2, 0.25) is 0 Å². The van der Waals surface area contributed by atoms with Crippen LogP contribution in [-0.2, 0) is 18.1 Å². The van der Waals surface area contributed by atoms with E-state index in [1.165, 1.54) is 0 Å². The molecule has 158 valence electrons. The van der Waals surface area contributed by atoms with E-state index in [1.807, 2.05) is 0 Å². The van der Waals surface area contributed by atoms with Gasteiger partial charge in [-0.1, -0.05) is 81.6 Å². The van der Waals surface area contributed by atoms with E-state index in [9.17, 15) is 4.57 Å². The normalized spacial score (nSPS) is 14.0. The molecular formula is C21H45O4P. The first-order valence-electron chi connectivity index (χ1n) is 10.3. The molecule has 0 aromatic rings. The lowest BCUT2D eigenvalue weighted by atomic mass is 9.89. The Bertz CT molecular complexity index is 368. The summed E-state index contributed by atoms with van der Waals surface area (Å²) in [4.78, 5) is 0. The third kappa shape index (κ3) is 11.7. The highest BCUT2D eigenvalue weighted by molar-refractivity contribution is 7.48. The van der Waals surface area contributed by atoms with E-state index in [0.29, 0.717) is 19.8 Å². The Morgan fingerprint density at radius 3 is 1.00 bits per heavy atom. The first-order valence-corrected chi connectivity index (χ1v) is 11.8. The summed E-state index contributed by atoms with van der Waals surface area (Å²) < 4.78 is 30.7. The van der Waals surface area contributed by atoms with Crippen molar-refractivity contribution in [1.82, 2.24) is 0 Å². The average Bonchev–Trinajstić information content (AvgIpc) is 2.50. The van der Waals surface area contributed by atoms with Crippen LogP contribution < -0.4 is 0 Å². The van der Waals surface area contributed by atoms with Crippen molar-refractivity contribution < 1.29 is 18.1 Å². The fraction of sp³-hybridized carbons (Fsp3) is 1.00. The highest BCUT2D eigenvalue weighted by Gasteiger charge is 2.34. The maximum Gasteiger partial charge on any atom is 0.474 e. The van der Waals surface area contributed by atoms with Gasteiger partial charge in [-0.25, -0.2) is 4.57 Å². The average molecular weight is 393 g/mol. The molecule has 0 N–H and O–H groups in total. The molecule has 26 heavy (non-hydrogen) atoms. The van der Waals surface area contributed by atoms with Crippen LogP contribution >= 0.6 is 7.82 Å². The minimum atomic E-state index is -3.58. The number of phosphoric acid groups is 1. The van der Waals surface area contributed by atoms with Gasteiger partial charge in [0.05, 0.1) is 19.8 Å². The molecule has 0 aliphatic heterocycles. The molecule has 0 unspecified atom stereocenters. The minimum Gasteiger partial charge on any atom is -0.286 e. The molecule has 0 saturated heterocycles. The SMILES string of the molecule is CCCC(C)(C)COP(=O)(OCC(C)(C)CCC)OCC(C)(C)CCC. The fourth-order valence-corrected chi connectivity index (χ4v) is 4.87. The molecule has 0 amide bonds. The standard InChI is InChI=1S/C21H45O4P/c1-10-13-19(4,5)16-23-26(22,24-17-20(6,7)14-11-2)25-18-21(8,9)15-12-3/h10-18H2,1-9H3. The van der Waals surface area contributed by atoms with Crippen LogP contribution in [0.5, 0.6) is 0 Å². The van der Waals surface area contributed by atoms with Crippen molar-refractivity contribution in [3.05, 3.63) is 0 Å². The molecule has 0 heterocycles. The van der Waals surface area contributed by atoms with Crippen molar-refractivity contribution in [2.24, 2.45) is 16.2 Å². The molecule has 5 heteroatoms. The first kappa shape index (κ1) is 26.1. The lowest BCUT2D eigenvalue weighted by Crippen LogP contribution is -2.24. The van der Waals surface area contributed by atoms with Crippen molar-refractivity contribution >= 4 is 7.82 Å². The zero-order valence-corrected chi connectivity index (χ0v) is 19.8. The number of hydrogen-bond acceptors (Lipinski definition) is 4. The van der Waals surface area contributed by atoms with Crippen LogP contribution in [0, 0.1) is 16.2 Å². The predicted molar refractivity (Wildman–Crippen MR) is 112 cm³/mol. The van der Waals surface area contributed by atoms with Gasteiger partial charge in [0.15, 0.2) is 0 Å². The largest absolute Gasteiger partial charge is 0.474 e. The molecule has 0 radical (unpaired) electrons. The molecule has 0 spiro atoms. The second-order valence-corrected chi connectivity index (χ2v) is 11.7. The van der Waals surface area contributed by atoms with Crippen LogP contribution in [0.4, 0.5) is 0 Å². The first-order chi connectivity index (χ1) is 11.8. The Hall–Kier alpha value is 0.110. The maximum absolute atomic E-state index is 13.3. The van der Waals surface area contributed by atoms with Crippen LogP contribution in [-0.4, -0.2) is 19.8 Å². The van der Waals surface area contributed by atoms with Gasteiger partial charge in [0.25, 0.3) is 0 Å². The number of hydrogen-bond donors (Lipinski definition) is 0. The maximum atomic E-state index is 13.3. The zero-order valence-electron chi connectivity index (χ0n) is 18.9. The van der Waals surface area contributed by atoms with Gasteiger partial charge < -0.3 is 0 Å². The van der Waals surface area contributed by atoms with E-state index >= 15 is 0 Å². The molecule has 0 atom stereocenters. The van der Waals surface area contributed by atoms with E-state index < -0.39 is 7.82 Å². The molecule has 0 rings (SSSR count). The zero-order chi connectivity index (χ0) is 20.5. The van der Waals surface area contributed by atoms with E-state index in [-0.39, 0.29) is 16.2 Å². The summed E-state index contributed by atoms with van der Waals surface area (Å²) in [6.07, 6.45) is 6.22. The van der Waals surface area contributed by atoms with E-state index in [4.69, 9.17) is 13.6 Å². The van der Waals surface area contributed by atoms with Crippen LogP contribution in [0.25, 0.3) is 0 Å². The molecule has 0 aromatic carbocycles. The Kier molecular flexibility index (Phi) is 11.2. The lowest BCUT2D eigenvalue weighted by molar-refractivity contribution is 0.0374. The quantitative estimate of drug-likeness (QED) is 0.269. The Labute approximate surface area is 163 Å². The van der Waals surface area contributed by atoms with Gasteiger partial charge in [-0.15, -0.1) is 0 Å². The summed E-state index contributed by atoms with van der Waals surface area (Å²) in [5, 5.41) is 0. The summed E-state index contributed by atoms with van der Waals surface area (Å²) in [5.41, 5.74) is -0.140. The van der Waals surface area contributed by atoms with E-state index in [1.54, 1.807) is 0 Å². The van der Waals surface area contributed by atoms with Crippen molar-refractivity contribution in [3.8, 4) is 0 Å². The number of rotatable bonds is 15. The van der Waals surface area contributed by atoms with Gasteiger partial charge >= 0.3 is 7.82 Å². The second-order valence-electron chi connectivity index (χ2n) is 10.0. The predicted octanol–water partition coefficient (Wildman–Crippen LogP) is 7.62. The summed E-state index contributed by atoms with van der Waals surface area (Å²) in [6, 6.07) is 0. The molecule has 0 fully saturated rings. The molecule has 0 aliphatic rings. The summed E-state index contributed by atoms with van der Waals surface area (Å²) in [7, 11) is -3.58. The highest BCUT2D eigenvalue weighted by atomic mass is 31.2. The van der Waals surface area contributed by atoms with Gasteiger partial charge in [0.1, 0.15) is 0 Å². The van der Waals surface area contributed by atoms with Gasteiger partial charge in [-0.2, -0.15) is 0 Å². The van der Waals surface area contributed by atoms with Crippen molar-refractivity contribution in [1.29, 1.82) is 0 Å². The minimum absolute atomic E-state index is 0.0466. The molecule has 0 aliphatic carbocycles. The summed E-state index contributed by atoms with van der Waals surface area (Å²) in [6.45, 7) is 20.3. The topological polar surface area (TPSA) is 44.8 Å². The van der Waals surface area contributed by atoms with Crippen LogP contribution in [0.3, 0.4) is 0 Å². The highest BCUT2D eigenvalue weighted by Crippen LogP contribution is 2.53. The smallest absolute Gasteiger partial charge is 0.286 e. The van der Waals surface area contributed by atoms with Crippen molar-refractivity contribution in [2.45, 2.75) is 101 Å². The van der Waals surface area contributed by atoms with Crippen molar-refractivity contribution in [2.75, 3.05) is 19.8 Å². The molecule has 0 bridgehead atoms. The summed E-state index contributed by atoms with van der Waals surface area (Å²) in [5.74, 6) is 0. The molecular weight excluding hydrogens is 347 g/mol. The van der Waals surface area contributed by atoms with Gasteiger partial charge in [0.2, 0.25) is 0 Å². The second kappa shape index (κ2) is 11.2. The molecule has 0 saturated carbocycles. The Morgan fingerprint density at radius 2 is 0.808 bits per heavy atom. The fourth-order valence-electron chi connectivity index (χ4n) is 3.12. The van der Waals surface area contributed by atoms with Gasteiger partial charge in [-0.3, -0.25) is 13.6 Å². The Morgan fingerprint density at radius 1 is 0.577 bits per heavy atom. The monoisotopic (exact) mass is 392 g/mol. The third-order valence-corrected chi connectivity index (χ3v) is 5.96. The molecule has 0 aromatic heterocycles. The lowest BCUT2D eigenvalue weighted by Gasteiger charge is -2.31. The Balaban J connectivity index is 5.04. The van der Waals surface area contributed by atoms with Gasteiger partial charge in [0, 0.05) is 0 Å².